The van der Waals surface area contributed by atoms with Crippen LogP contribution >= 0.6 is 0 Å². The molecule has 0 unspecified atom stereocenters. The molecule has 3 amide bonds. The number of carbonyl (C=O) groups excluding carboxylic acids is 3. The number of nitrogens with one attached hydrogen (secondary N) is 1. The van der Waals surface area contributed by atoms with Crippen LogP contribution in [0.15, 0.2) is 108 Å². The lowest BCUT2D eigenvalue weighted by atomic mass is 9.47. The van der Waals surface area contributed by atoms with Crippen molar-refractivity contribution in [2.24, 2.45) is 16.9 Å². The van der Waals surface area contributed by atoms with Crippen LogP contribution in [0.5, 0.6) is 0 Å². The van der Waals surface area contributed by atoms with Gasteiger partial charge in [-0.1, -0.05) is 84.4 Å². The van der Waals surface area contributed by atoms with Gasteiger partial charge in [0.05, 0.1) is 22.9 Å². The molecule has 1 heterocycles. The third-order valence-corrected chi connectivity index (χ3v) is 8.45. The van der Waals surface area contributed by atoms with E-state index in [-0.39, 0.29) is 23.6 Å². The largest absolute Gasteiger partial charge is 0.274 e. The number of nitrogens with zero attached hydrogens (tertiary/aromatic N) is 2. The molecule has 4 aliphatic rings. The van der Waals surface area contributed by atoms with Gasteiger partial charge in [-0.3, -0.25) is 14.4 Å². The third-order valence-electron chi connectivity index (χ3n) is 8.45. The molecule has 0 aromatic heterocycles. The molecule has 1 aliphatic heterocycles. The van der Waals surface area contributed by atoms with Crippen LogP contribution in [0.3, 0.4) is 0 Å². The Balaban J connectivity index is 1.41. The highest BCUT2D eigenvalue weighted by Gasteiger charge is 2.68. The second kappa shape index (κ2) is 8.60. The van der Waals surface area contributed by atoms with E-state index in [2.05, 4.69) is 10.5 Å². The molecule has 1 saturated heterocycles. The summed E-state index contributed by atoms with van der Waals surface area (Å²) in [6.07, 6.45) is 1.68. The molecular formula is C33H25N3O3. The summed E-state index contributed by atoms with van der Waals surface area (Å²) in [6.45, 7) is 1.97. The molecule has 6 nitrogen and oxygen atoms in total. The first kappa shape index (κ1) is 23.3. The van der Waals surface area contributed by atoms with Crippen LogP contribution in [0.2, 0.25) is 0 Å². The molecule has 39 heavy (non-hydrogen) atoms. The number of imide groups is 1. The van der Waals surface area contributed by atoms with E-state index in [0.717, 1.165) is 27.8 Å². The molecule has 2 bridgehead atoms. The molecule has 4 aromatic carbocycles. The summed E-state index contributed by atoms with van der Waals surface area (Å²) >= 11 is 0. The Kier molecular flexibility index (Phi) is 5.13. The first-order valence-electron chi connectivity index (χ1n) is 13.1. The van der Waals surface area contributed by atoms with Crippen molar-refractivity contribution in [3.8, 4) is 0 Å². The lowest BCUT2D eigenvalue weighted by molar-refractivity contribution is -0.122. The standard InChI is InChI=1S/C33H25N3O3/c1-20-15-17-22(18-16-20)36-31(38)28-27-23-11-5-7-13-25(23)33(29(28)32(36)39,26-14-8-6-12-24(26)27)19-34-35-30(37)21-9-3-2-4-10-21/h2-19,27-29H,1H3,(H,35,37)/b34-19-/t27?,28-,29+,33?/m0/s1. The quantitative estimate of drug-likeness (QED) is 0.239. The van der Waals surface area contributed by atoms with Crippen molar-refractivity contribution < 1.29 is 14.4 Å². The van der Waals surface area contributed by atoms with Crippen molar-refractivity contribution in [2.75, 3.05) is 4.90 Å². The Bertz CT molecular complexity index is 1630. The van der Waals surface area contributed by atoms with Gasteiger partial charge in [0.1, 0.15) is 0 Å². The molecule has 0 saturated carbocycles. The number of amides is 3. The predicted molar refractivity (Wildman–Crippen MR) is 149 cm³/mol. The zero-order valence-electron chi connectivity index (χ0n) is 21.2. The average Bonchev–Trinajstić information content (AvgIpc) is 3.25. The molecule has 3 aliphatic carbocycles. The highest BCUT2D eigenvalue weighted by atomic mass is 16.2. The van der Waals surface area contributed by atoms with Gasteiger partial charge in [-0.15, -0.1) is 0 Å². The van der Waals surface area contributed by atoms with E-state index in [0.29, 0.717) is 11.3 Å². The zero-order valence-corrected chi connectivity index (χ0v) is 21.2. The Morgan fingerprint density at radius 1 is 0.795 bits per heavy atom. The SMILES string of the molecule is Cc1ccc(N2C(=O)[C@H]3C4c5ccccc5C(/C=N\NC(=O)c5ccccc5)(c5ccccc54)[C@H]3C2=O)cc1. The van der Waals surface area contributed by atoms with E-state index >= 15 is 0 Å². The number of hydrogen-bond acceptors (Lipinski definition) is 4. The van der Waals surface area contributed by atoms with Crippen LogP contribution < -0.4 is 10.3 Å². The van der Waals surface area contributed by atoms with Crippen molar-refractivity contribution in [1.29, 1.82) is 0 Å². The summed E-state index contributed by atoms with van der Waals surface area (Å²) < 4.78 is 0. The van der Waals surface area contributed by atoms with E-state index in [4.69, 9.17) is 0 Å². The summed E-state index contributed by atoms with van der Waals surface area (Å²) in [4.78, 5) is 42.7. The summed E-state index contributed by atoms with van der Waals surface area (Å²) in [5.41, 5.74) is 7.66. The van der Waals surface area contributed by atoms with Gasteiger partial charge in [0.15, 0.2) is 0 Å². The Morgan fingerprint density at radius 2 is 1.38 bits per heavy atom. The molecule has 0 spiro atoms. The summed E-state index contributed by atoms with van der Waals surface area (Å²) in [7, 11) is 0. The van der Waals surface area contributed by atoms with Crippen molar-refractivity contribution in [3.63, 3.8) is 0 Å². The number of rotatable bonds is 4. The van der Waals surface area contributed by atoms with Crippen LogP contribution in [-0.2, 0) is 15.0 Å². The molecule has 6 heteroatoms. The monoisotopic (exact) mass is 511 g/mol. The van der Waals surface area contributed by atoms with Gasteiger partial charge >= 0.3 is 0 Å². The molecule has 0 radical (unpaired) electrons. The van der Waals surface area contributed by atoms with Gasteiger partial charge in [-0.05, 0) is 53.4 Å². The van der Waals surface area contributed by atoms with Crippen LogP contribution in [0, 0.1) is 18.8 Å². The average molecular weight is 512 g/mol. The molecule has 1 fully saturated rings. The van der Waals surface area contributed by atoms with Crippen LogP contribution in [-0.4, -0.2) is 23.9 Å². The van der Waals surface area contributed by atoms with Crippen LogP contribution in [0.4, 0.5) is 5.69 Å². The Hall–Kier alpha value is -4.84. The first-order valence-corrected chi connectivity index (χ1v) is 13.1. The minimum absolute atomic E-state index is 0.200. The Labute approximate surface area is 226 Å². The lowest BCUT2D eigenvalue weighted by Crippen LogP contribution is -2.54. The highest BCUT2D eigenvalue weighted by Crippen LogP contribution is 2.63. The van der Waals surface area contributed by atoms with E-state index in [1.54, 1.807) is 30.5 Å². The van der Waals surface area contributed by atoms with Crippen molar-refractivity contribution >= 4 is 29.6 Å². The number of benzene rings is 4. The fourth-order valence-corrected chi connectivity index (χ4v) is 6.84. The summed E-state index contributed by atoms with van der Waals surface area (Å²) in [5.74, 6) is -2.32. The van der Waals surface area contributed by atoms with Crippen LogP contribution in [0.1, 0.15) is 44.1 Å². The predicted octanol–water partition coefficient (Wildman–Crippen LogP) is 4.96. The molecule has 8 rings (SSSR count). The number of hydrogen-bond donors (Lipinski definition) is 1. The number of anilines is 1. The maximum atomic E-state index is 14.3. The van der Waals surface area contributed by atoms with Gasteiger partial charge in [0, 0.05) is 17.7 Å². The molecule has 190 valence electrons. The lowest BCUT2D eigenvalue weighted by Gasteiger charge is -2.52. The third kappa shape index (κ3) is 3.21. The first-order chi connectivity index (χ1) is 19.0. The van der Waals surface area contributed by atoms with E-state index < -0.39 is 17.3 Å². The minimum atomic E-state index is -1.03. The topological polar surface area (TPSA) is 78.8 Å². The highest BCUT2D eigenvalue weighted by molar-refractivity contribution is 6.25. The molecule has 4 aromatic rings. The smallest absolute Gasteiger partial charge is 0.271 e. The van der Waals surface area contributed by atoms with Crippen molar-refractivity contribution in [2.45, 2.75) is 18.3 Å². The van der Waals surface area contributed by atoms with E-state index in [1.807, 2.05) is 85.8 Å². The van der Waals surface area contributed by atoms with Gasteiger partial charge in [-0.2, -0.15) is 5.10 Å². The summed E-state index contributed by atoms with van der Waals surface area (Å²) in [6, 6.07) is 32.3. The van der Waals surface area contributed by atoms with Crippen molar-refractivity contribution in [1.82, 2.24) is 5.43 Å². The molecular weight excluding hydrogens is 486 g/mol. The number of carbonyl (C=O) groups is 3. The van der Waals surface area contributed by atoms with Gasteiger partial charge < -0.3 is 0 Å². The fraction of sp³-hybridized carbons (Fsp3) is 0.152. The van der Waals surface area contributed by atoms with E-state index in [9.17, 15) is 14.4 Å². The second-order valence-electron chi connectivity index (χ2n) is 10.4. The van der Waals surface area contributed by atoms with Gasteiger partial charge in [0.2, 0.25) is 11.8 Å². The van der Waals surface area contributed by atoms with Gasteiger partial charge in [-0.25, -0.2) is 10.3 Å². The number of aryl methyl sites for hydroxylation is 1. The molecule has 2 atom stereocenters. The van der Waals surface area contributed by atoms with Gasteiger partial charge in [0.25, 0.3) is 5.91 Å². The number of hydrazone groups is 1. The second-order valence-corrected chi connectivity index (χ2v) is 10.4. The van der Waals surface area contributed by atoms with Crippen molar-refractivity contribution in [3.05, 3.63) is 137 Å². The molecule has 1 N–H and O–H groups in total. The maximum absolute atomic E-state index is 14.3. The fourth-order valence-electron chi connectivity index (χ4n) is 6.84. The normalized spacial score (nSPS) is 24.4. The minimum Gasteiger partial charge on any atom is -0.274 e. The van der Waals surface area contributed by atoms with Crippen LogP contribution in [0.25, 0.3) is 0 Å². The van der Waals surface area contributed by atoms with E-state index in [1.165, 1.54) is 4.90 Å². The maximum Gasteiger partial charge on any atom is 0.271 e. The summed E-state index contributed by atoms with van der Waals surface area (Å²) in [5, 5.41) is 4.46. The Morgan fingerprint density at radius 3 is 2.03 bits per heavy atom. The zero-order chi connectivity index (χ0) is 26.7.